The van der Waals surface area contributed by atoms with Crippen molar-refractivity contribution in [3.63, 3.8) is 0 Å². The van der Waals surface area contributed by atoms with Gasteiger partial charge < -0.3 is 20.8 Å². The molecule has 0 saturated heterocycles. The molecule has 1 aromatic carbocycles. The molecule has 4 N–H and O–H groups in total. The number of phenols is 1. The minimum absolute atomic E-state index is 0.133. The van der Waals surface area contributed by atoms with Crippen LogP contribution in [0.3, 0.4) is 0 Å². The molecule has 1 aromatic rings. The van der Waals surface area contributed by atoms with E-state index >= 15 is 0 Å². The maximum absolute atomic E-state index is 12.1. The van der Waals surface area contributed by atoms with E-state index in [9.17, 15) is 15.0 Å². The highest BCUT2D eigenvalue weighted by Gasteiger charge is 2.29. The highest BCUT2D eigenvalue weighted by Crippen LogP contribution is 2.27. The molecule has 0 fully saturated rings. The van der Waals surface area contributed by atoms with Crippen LogP contribution in [0, 0.1) is 0 Å². The fraction of sp³-hybridized carbons (Fsp3) is 0.417. The second kappa shape index (κ2) is 4.63. The summed E-state index contributed by atoms with van der Waals surface area (Å²) in [6.45, 7) is 3.29. The Kier molecular flexibility index (Phi) is 3.63. The van der Waals surface area contributed by atoms with Gasteiger partial charge in [0.15, 0.2) is 5.75 Å². The number of hydrogen-bond acceptors (Lipinski definition) is 4. The molecule has 0 radical (unpaired) electrons. The lowest BCUT2D eigenvalue weighted by molar-refractivity contribution is 0.0470. The number of carbonyl (C=O) groups is 1. The number of aliphatic hydroxyl groups excluding tert-OH is 1. The summed E-state index contributed by atoms with van der Waals surface area (Å²) < 4.78 is 0. The van der Waals surface area contributed by atoms with Crippen molar-refractivity contribution >= 4 is 11.6 Å². The second-order valence-electron chi connectivity index (χ2n) is 4.58. The number of hydrogen-bond donors (Lipinski definition) is 3. The first-order valence-corrected chi connectivity index (χ1v) is 5.27. The van der Waals surface area contributed by atoms with Gasteiger partial charge in [-0.3, -0.25) is 4.79 Å². The maximum atomic E-state index is 12.1. The first kappa shape index (κ1) is 13.3. The van der Waals surface area contributed by atoms with Crippen molar-refractivity contribution < 1.29 is 15.0 Å². The molecule has 0 bridgehead atoms. The number of aliphatic hydroxyl groups is 1. The molecule has 0 saturated carbocycles. The average molecular weight is 238 g/mol. The first-order chi connectivity index (χ1) is 7.81. The fourth-order valence-electron chi connectivity index (χ4n) is 1.30. The smallest absolute Gasteiger partial charge is 0.257 e. The van der Waals surface area contributed by atoms with Crippen LogP contribution in [0.1, 0.15) is 24.2 Å². The van der Waals surface area contributed by atoms with E-state index in [0.29, 0.717) is 0 Å². The number of likely N-dealkylation sites (N-methyl/N-ethyl adjacent to an activating group) is 1. The fourth-order valence-corrected chi connectivity index (χ4v) is 1.30. The van der Waals surface area contributed by atoms with Crippen LogP contribution in [0.5, 0.6) is 5.75 Å². The van der Waals surface area contributed by atoms with E-state index in [-0.39, 0.29) is 29.5 Å². The number of benzene rings is 1. The highest BCUT2D eigenvalue weighted by atomic mass is 16.3. The predicted molar refractivity (Wildman–Crippen MR) is 65.8 cm³/mol. The third kappa shape index (κ3) is 2.50. The standard InChI is InChI=1S/C12H18N2O3/c1-12(2,7-15)14(3)11(17)8-5-4-6-9(13)10(8)16/h4-6,15-16H,7,13H2,1-3H3. The van der Waals surface area contributed by atoms with E-state index in [1.165, 1.54) is 17.0 Å². The number of anilines is 1. The van der Waals surface area contributed by atoms with Gasteiger partial charge >= 0.3 is 0 Å². The molecule has 0 aromatic heterocycles. The van der Waals surface area contributed by atoms with Gasteiger partial charge in [-0.15, -0.1) is 0 Å². The number of nitrogens with two attached hydrogens (primary N) is 1. The lowest BCUT2D eigenvalue weighted by Gasteiger charge is -2.34. The molecule has 1 amide bonds. The molecular weight excluding hydrogens is 220 g/mol. The van der Waals surface area contributed by atoms with Gasteiger partial charge in [0.25, 0.3) is 5.91 Å². The molecule has 94 valence electrons. The molecule has 0 heterocycles. The molecule has 5 heteroatoms. The molecule has 0 atom stereocenters. The normalized spacial score (nSPS) is 11.3. The zero-order valence-electron chi connectivity index (χ0n) is 10.3. The van der Waals surface area contributed by atoms with E-state index in [1.807, 2.05) is 0 Å². The summed E-state index contributed by atoms with van der Waals surface area (Å²) in [5.41, 5.74) is 5.12. The summed E-state index contributed by atoms with van der Waals surface area (Å²) in [5.74, 6) is -0.605. The van der Waals surface area contributed by atoms with Gasteiger partial charge in [0.1, 0.15) is 0 Å². The highest BCUT2D eigenvalue weighted by molar-refractivity contribution is 5.98. The Morgan fingerprint density at radius 3 is 2.59 bits per heavy atom. The lowest BCUT2D eigenvalue weighted by atomic mass is 10.0. The maximum Gasteiger partial charge on any atom is 0.257 e. The summed E-state index contributed by atoms with van der Waals surface area (Å²) in [6.07, 6.45) is 0. The Labute approximate surface area is 100 Å². The summed E-state index contributed by atoms with van der Waals surface area (Å²) in [6, 6.07) is 4.61. The largest absolute Gasteiger partial charge is 0.505 e. The minimum Gasteiger partial charge on any atom is -0.505 e. The van der Waals surface area contributed by atoms with Crippen molar-refractivity contribution in [1.82, 2.24) is 4.90 Å². The molecule has 17 heavy (non-hydrogen) atoms. The van der Waals surface area contributed by atoms with Gasteiger partial charge in [-0.05, 0) is 26.0 Å². The van der Waals surface area contributed by atoms with E-state index in [0.717, 1.165) is 0 Å². The summed E-state index contributed by atoms with van der Waals surface area (Å²) in [4.78, 5) is 13.5. The predicted octanol–water partition coefficient (Wildman–Crippen LogP) is 0.817. The molecule has 1 rings (SSSR count). The van der Waals surface area contributed by atoms with Crippen LogP contribution < -0.4 is 5.73 Å². The first-order valence-electron chi connectivity index (χ1n) is 5.27. The Hall–Kier alpha value is -1.75. The van der Waals surface area contributed by atoms with Gasteiger partial charge in [-0.1, -0.05) is 6.07 Å². The lowest BCUT2D eigenvalue weighted by Crippen LogP contribution is -2.47. The number of phenolic OH excluding ortho intramolecular Hbond substituents is 1. The second-order valence-corrected chi connectivity index (χ2v) is 4.58. The number of amides is 1. The Balaban J connectivity index is 3.09. The van der Waals surface area contributed by atoms with Crippen LogP contribution in [0.25, 0.3) is 0 Å². The van der Waals surface area contributed by atoms with Crippen LogP contribution in [-0.2, 0) is 0 Å². The summed E-state index contributed by atoms with van der Waals surface area (Å²) in [7, 11) is 1.57. The van der Waals surface area contributed by atoms with Crippen molar-refractivity contribution in [2.24, 2.45) is 0 Å². The zero-order chi connectivity index (χ0) is 13.2. The third-order valence-corrected chi connectivity index (χ3v) is 2.90. The van der Waals surface area contributed by atoms with Crippen molar-refractivity contribution in [1.29, 1.82) is 0 Å². The van der Waals surface area contributed by atoms with E-state index < -0.39 is 5.54 Å². The van der Waals surface area contributed by atoms with Gasteiger partial charge in [0.05, 0.1) is 23.4 Å². The number of rotatable bonds is 3. The number of aromatic hydroxyl groups is 1. The number of nitrogens with zero attached hydrogens (tertiary/aromatic N) is 1. The van der Waals surface area contributed by atoms with E-state index in [4.69, 9.17) is 5.73 Å². The number of para-hydroxylation sites is 1. The minimum atomic E-state index is -0.700. The van der Waals surface area contributed by atoms with Crippen LogP contribution >= 0.6 is 0 Å². The van der Waals surface area contributed by atoms with Crippen LogP contribution in [0.4, 0.5) is 5.69 Å². The molecule has 0 aliphatic carbocycles. The topological polar surface area (TPSA) is 86.8 Å². The SMILES string of the molecule is CN(C(=O)c1cccc(N)c1O)C(C)(C)CO. The van der Waals surface area contributed by atoms with Gasteiger partial charge in [0, 0.05) is 7.05 Å². The molecule has 0 spiro atoms. The summed E-state index contributed by atoms with van der Waals surface area (Å²) in [5, 5.41) is 18.9. The number of nitrogen functional groups attached to an aromatic ring is 1. The Morgan fingerprint density at radius 2 is 2.06 bits per heavy atom. The number of carbonyl (C=O) groups excluding carboxylic acids is 1. The molecule has 0 aliphatic rings. The molecular formula is C12H18N2O3. The van der Waals surface area contributed by atoms with Crippen molar-refractivity contribution in [2.45, 2.75) is 19.4 Å². The zero-order valence-corrected chi connectivity index (χ0v) is 10.3. The van der Waals surface area contributed by atoms with Gasteiger partial charge in [-0.2, -0.15) is 0 Å². The van der Waals surface area contributed by atoms with Gasteiger partial charge in [0.2, 0.25) is 0 Å². The quantitative estimate of drug-likeness (QED) is 0.537. The van der Waals surface area contributed by atoms with E-state index in [1.54, 1.807) is 27.0 Å². The molecule has 0 aliphatic heterocycles. The van der Waals surface area contributed by atoms with Crippen LogP contribution in [0.2, 0.25) is 0 Å². The molecule has 0 unspecified atom stereocenters. The Bertz CT molecular complexity index is 430. The Morgan fingerprint density at radius 1 is 1.47 bits per heavy atom. The third-order valence-electron chi connectivity index (χ3n) is 2.90. The van der Waals surface area contributed by atoms with Crippen LogP contribution in [-0.4, -0.2) is 40.2 Å². The summed E-state index contributed by atoms with van der Waals surface area (Å²) >= 11 is 0. The van der Waals surface area contributed by atoms with E-state index in [2.05, 4.69) is 0 Å². The van der Waals surface area contributed by atoms with Crippen molar-refractivity contribution in [2.75, 3.05) is 19.4 Å². The van der Waals surface area contributed by atoms with Crippen LogP contribution in [0.15, 0.2) is 18.2 Å². The molecule has 5 nitrogen and oxygen atoms in total. The van der Waals surface area contributed by atoms with Crippen molar-refractivity contribution in [3.05, 3.63) is 23.8 Å². The van der Waals surface area contributed by atoms with Crippen molar-refractivity contribution in [3.8, 4) is 5.75 Å². The van der Waals surface area contributed by atoms with Gasteiger partial charge in [-0.25, -0.2) is 0 Å². The average Bonchev–Trinajstić information content (AvgIpc) is 2.30. The monoisotopic (exact) mass is 238 g/mol.